The number of aldehydes is 1. The van der Waals surface area contributed by atoms with Crippen molar-refractivity contribution in [2.45, 2.75) is 12.3 Å². The fourth-order valence-electron chi connectivity index (χ4n) is 1.61. The molecule has 0 saturated heterocycles. The molecule has 2 heterocycles. The number of nitrogens with zero attached hydrogens (tertiary/aromatic N) is 1. The van der Waals surface area contributed by atoms with Gasteiger partial charge in [-0.05, 0) is 6.07 Å². The first kappa shape index (κ1) is 9.73. The molecule has 0 unspecified atom stereocenters. The lowest BCUT2D eigenvalue weighted by molar-refractivity contribution is 0.111. The van der Waals surface area contributed by atoms with Gasteiger partial charge in [0.25, 0.3) is 0 Å². The van der Waals surface area contributed by atoms with Crippen LogP contribution in [0, 0.1) is 0 Å². The van der Waals surface area contributed by atoms with E-state index in [2.05, 4.69) is 0 Å². The van der Waals surface area contributed by atoms with Crippen LogP contribution in [0.1, 0.15) is 16.2 Å². The molecule has 14 heavy (non-hydrogen) atoms. The maximum atomic E-state index is 11.3. The number of halogens is 1. The number of sulfone groups is 1. The van der Waals surface area contributed by atoms with Gasteiger partial charge in [0.05, 0.1) is 16.5 Å². The minimum absolute atomic E-state index is 0.0272. The predicted molar refractivity (Wildman–Crippen MR) is 52.3 cm³/mol. The fourth-order valence-corrected chi connectivity index (χ4v) is 3.18. The third-order valence-corrected chi connectivity index (χ3v) is 4.12. The van der Waals surface area contributed by atoms with Crippen molar-refractivity contribution in [1.29, 1.82) is 0 Å². The van der Waals surface area contributed by atoms with Crippen molar-refractivity contribution in [2.75, 3.05) is 5.75 Å². The molecular weight excluding hydrogens is 226 g/mol. The Morgan fingerprint density at radius 1 is 1.50 bits per heavy atom. The predicted octanol–water partition coefficient (Wildman–Crippen LogP) is 0.882. The van der Waals surface area contributed by atoms with E-state index < -0.39 is 9.84 Å². The topological polar surface area (TPSA) is 56.1 Å². The van der Waals surface area contributed by atoms with Crippen molar-refractivity contribution in [2.24, 2.45) is 0 Å². The number of fused-ring (bicyclic) bond motifs is 1. The van der Waals surface area contributed by atoms with Gasteiger partial charge < -0.3 is 4.57 Å². The van der Waals surface area contributed by atoms with E-state index in [1.807, 2.05) is 0 Å². The van der Waals surface area contributed by atoms with E-state index >= 15 is 0 Å². The summed E-state index contributed by atoms with van der Waals surface area (Å²) in [5.74, 6) is 0.0480. The highest BCUT2D eigenvalue weighted by atomic mass is 35.5. The Kier molecular flexibility index (Phi) is 2.16. The van der Waals surface area contributed by atoms with Crippen molar-refractivity contribution < 1.29 is 13.2 Å². The van der Waals surface area contributed by atoms with Crippen LogP contribution in [0.5, 0.6) is 0 Å². The number of aromatic nitrogens is 1. The molecule has 0 aromatic carbocycles. The van der Waals surface area contributed by atoms with Crippen LogP contribution in [-0.2, 0) is 22.1 Å². The van der Waals surface area contributed by atoms with Crippen LogP contribution >= 0.6 is 11.6 Å². The SMILES string of the molecule is O=Cc1c(Cl)cc2n1CCS(=O)(=O)C2. The second-order valence-electron chi connectivity index (χ2n) is 3.23. The second-order valence-corrected chi connectivity index (χ2v) is 5.82. The Morgan fingerprint density at radius 2 is 2.21 bits per heavy atom. The van der Waals surface area contributed by atoms with Crippen LogP contribution in [0.25, 0.3) is 0 Å². The van der Waals surface area contributed by atoms with E-state index in [9.17, 15) is 13.2 Å². The standard InChI is InChI=1S/C8H8ClNO3S/c9-7-3-6-5-14(12,13)2-1-10(6)8(7)4-11/h3-4H,1-2,5H2. The zero-order valence-corrected chi connectivity index (χ0v) is 8.81. The normalized spacial score (nSPS) is 18.9. The molecule has 0 amide bonds. The highest BCUT2D eigenvalue weighted by Gasteiger charge is 2.24. The third-order valence-electron chi connectivity index (χ3n) is 2.28. The summed E-state index contributed by atoms with van der Waals surface area (Å²) in [7, 11) is -3.00. The molecule has 0 bridgehead atoms. The Balaban J connectivity index is 2.57. The van der Waals surface area contributed by atoms with E-state index in [4.69, 9.17) is 11.6 Å². The Labute approximate surface area is 86.4 Å². The zero-order chi connectivity index (χ0) is 10.3. The van der Waals surface area contributed by atoms with E-state index in [-0.39, 0.29) is 11.5 Å². The van der Waals surface area contributed by atoms with Crippen LogP contribution in [0.3, 0.4) is 0 Å². The summed E-state index contributed by atoms with van der Waals surface area (Å²) < 4.78 is 24.2. The van der Waals surface area contributed by atoms with Gasteiger partial charge in [0.2, 0.25) is 0 Å². The molecule has 0 fully saturated rings. The van der Waals surface area contributed by atoms with Crippen LogP contribution in [0.4, 0.5) is 0 Å². The average molecular weight is 234 g/mol. The van der Waals surface area contributed by atoms with Crippen LogP contribution in [-0.4, -0.2) is 25.0 Å². The summed E-state index contributed by atoms with van der Waals surface area (Å²) in [4.78, 5) is 10.7. The molecule has 0 saturated carbocycles. The molecule has 1 aliphatic rings. The molecular formula is C8H8ClNO3S. The van der Waals surface area contributed by atoms with Crippen molar-refractivity contribution in [1.82, 2.24) is 4.57 Å². The Bertz CT molecular complexity index is 489. The largest absolute Gasteiger partial charge is 0.339 e. The maximum Gasteiger partial charge on any atom is 0.167 e. The summed E-state index contributed by atoms with van der Waals surface area (Å²) >= 11 is 5.78. The Hall–Kier alpha value is -0.810. The van der Waals surface area contributed by atoms with Gasteiger partial charge in [-0.15, -0.1) is 0 Å². The monoisotopic (exact) mass is 233 g/mol. The fraction of sp³-hybridized carbons (Fsp3) is 0.375. The highest BCUT2D eigenvalue weighted by molar-refractivity contribution is 7.90. The minimum atomic E-state index is -3.00. The summed E-state index contributed by atoms with van der Waals surface area (Å²) in [5, 5.41) is 0.326. The van der Waals surface area contributed by atoms with Gasteiger partial charge in [0, 0.05) is 12.2 Å². The number of rotatable bonds is 1. The summed E-state index contributed by atoms with van der Waals surface area (Å²) in [6.45, 7) is 0.318. The van der Waals surface area contributed by atoms with E-state index in [0.717, 1.165) is 0 Å². The first-order chi connectivity index (χ1) is 6.53. The molecule has 2 rings (SSSR count). The van der Waals surface area contributed by atoms with Crippen molar-refractivity contribution in [3.63, 3.8) is 0 Å². The van der Waals surface area contributed by atoms with Gasteiger partial charge in [0.1, 0.15) is 5.69 Å². The quantitative estimate of drug-likeness (QED) is 0.677. The zero-order valence-electron chi connectivity index (χ0n) is 7.23. The molecule has 1 aromatic heterocycles. The van der Waals surface area contributed by atoms with Gasteiger partial charge in [-0.1, -0.05) is 11.6 Å². The van der Waals surface area contributed by atoms with Gasteiger partial charge in [-0.3, -0.25) is 4.79 Å². The number of carbonyl (C=O) groups excluding carboxylic acids is 1. The second kappa shape index (κ2) is 3.10. The van der Waals surface area contributed by atoms with Crippen LogP contribution in [0.15, 0.2) is 6.07 Å². The van der Waals surface area contributed by atoms with Crippen molar-refractivity contribution in [3.05, 3.63) is 22.5 Å². The first-order valence-electron chi connectivity index (χ1n) is 4.07. The molecule has 0 spiro atoms. The molecule has 1 aliphatic heterocycles. The Morgan fingerprint density at radius 3 is 2.86 bits per heavy atom. The van der Waals surface area contributed by atoms with Gasteiger partial charge in [-0.25, -0.2) is 8.42 Å². The number of hydrogen-bond donors (Lipinski definition) is 0. The minimum Gasteiger partial charge on any atom is -0.339 e. The molecule has 0 radical (unpaired) electrons. The maximum absolute atomic E-state index is 11.3. The molecule has 1 aromatic rings. The lowest BCUT2D eigenvalue weighted by atomic mass is 10.4. The molecule has 4 nitrogen and oxygen atoms in total. The third kappa shape index (κ3) is 1.46. The molecule has 0 N–H and O–H groups in total. The lowest BCUT2D eigenvalue weighted by Gasteiger charge is -2.16. The number of hydrogen-bond acceptors (Lipinski definition) is 3. The number of carbonyl (C=O) groups is 1. The molecule has 6 heteroatoms. The van der Waals surface area contributed by atoms with Gasteiger partial charge in [0.15, 0.2) is 16.1 Å². The van der Waals surface area contributed by atoms with Crippen LogP contribution in [0.2, 0.25) is 5.02 Å². The lowest BCUT2D eigenvalue weighted by Crippen LogP contribution is -2.24. The highest BCUT2D eigenvalue weighted by Crippen LogP contribution is 2.24. The average Bonchev–Trinajstić information content (AvgIpc) is 2.37. The summed E-state index contributed by atoms with van der Waals surface area (Å²) in [6.07, 6.45) is 0.657. The van der Waals surface area contributed by atoms with Crippen LogP contribution < -0.4 is 0 Å². The van der Waals surface area contributed by atoms with E-state index in [1.54, 1.807) is 10.6 Å². The smallest absolute Gasteiger partial charge is 0.167 e. The molecule has 0 aliphatic carbocycles. The van der Waals surface area contributed by atoms with Gasteiger partial charge >= 0.3 is 0 Å². The van der Waals surface area contributed by atoms with Gasteiger partial charge in [-0.2, -0.15) is 0 Å². The molecule has 0 atom stereocenters. The summed E-state index contributed by atoms with van der Waals surface area (Å²) in [6, 6.07) is 1.54. The van der Waals surface area contributed by atoms with Crippen molar-refractivity contribution in [3.8, 4) is 0 Å². The van der Waals surface area contributed by atoms with Crippen molar-refractivity contribution >= 4 is 27.7 Å². The van der Waals surface area contributed by atoms with E-state index in [1.165, 1.54) is 0 Å². The first-order valence-corrected chi connectivity index (χ1v) is 6.27. The summed E-state index contributed by atoms with van der Waals surface area (Å²) in [5.41, 5.74) is 0.972. The molecule has 76 valence electrons. The van der Waals surface area contributed by atoms with E-state index in [0.29, 0.717) is 29.2 Å².